The summed E-state index contributed by atoms with van der Waals surface area (Å²) in [6.45, 7) is 2.51. The minimum absolute atomic E-state index is 0. The van der Waals surface area contributed by atoms with E-state index in [0.29, 0.717) is 12.3 Å². The van der Waals surface area contributed by atoms with E-state index in [4.69, 9.17) is 9.15 Å². The predicted molar refractivity (Wildman–Crippen MR) is 55.3 cm³/mol. The van der Waals surface area contributed by atoms with E-state index in [2.05, 4.69) is 15.5 Å². The quantitative estimate of drug-likeness (QED) is 0.752. The first-order valence-electron chi connectivity index (χ1n) is 4.71. The zero-order valence-electron chi connectivity index (χ0n) is 8.19. The number of rotatable bonds is 3. The summed E-state index contributed by atoms with van der Waals surface area (Å²) in [6.07, 6.45) is 1.65. The third-order valence-corrected chi connectivity index (χ3v) is 2.17. The number of nitrogens with zero attached hydrogens (tertiary/aromatic N) is 1. The lowest BCUT2D eigenvalue weighted by molar-refractivity contribution is 0.0228. The molecule has 86 valence electrons. The third kappa shape index (κ3) is 3.65. The highest BCUT2D eigenvalue weighted by molar-refractivity contribution is 5.85. The number of aryl methyl sites for hydroxylation is 1. The normalized spacial score (nSPS) is 20.9. The van der Waals surface area contributed by atoms with Crippen molar-refractivity contribution < 1.29 is 9.15 Å². The van der Waals surface area contributed by atoms with Crippen molar-refractivity contribution in [1.82, 2.24) is 15.5 Å². The van der Waals surface area contributed by atoms with Crippen LogP contribution in [0.5, 0.6) is 0 Å². The van der Waals surface area contributed by atoms with Gasteiger partial charge in [-0.15, -0.1) is 17.5 Å². The molecule has 15 heavy (non-hydrogen) atoms. The highest BCUT2D eigenvalue weighted by Gasteiger charge is 2.14. The molecule has 1 aliphatic rings. The Kier molecular flexibility index (Phi) is 4.80. The molecule has 0 bridgehead atoms. The van der Waals surface area contributed by atoms with E-state index < -0.39 is 5.76 Å². The zero-order valence-corrected chi connectivity index (χ0v) is 9.01. The van der Waals surface area contributed by atoms with Gasteiger partial charge in [-0.25, -0.2) is 9.89 Å². The fraction of sp³-hybridized carbons (Fsp3) is 0.750. The Hall–Kier alpha value is -0.850. The Bertz CT molecular complexity index is 332. The lowest BCUT2D eigenvalue weighted by Crippen LogP contribution is -2.38. The number of nitrogens with one attached hydrogen (secondary N) is 2. The SMILES string of the molecule is Cl.O=c1[nH]nc(CC[C@@H]2CNCCO2)o1. The van der Waals surface area contributed by atoms with Gasteiger partial charge in [-0.1, -0.05) is 0 Å². The minimum Gasteiger partial charge on any atom is -0.393 e. The molecule has 6 nitrogen and oxygen atoms in total. The smallest absolute Gasteiger partial charge is 0.393 e. The predicted octanol–water partition coefficient (Wildman–Crippen LogP) is -0.294. The minimum atomic E-state index is -0.498. The van der Waals surface area contributed by atoms with Gasteiger partial charge in [0.2, 0.25) is 5.89 Å². The molecule has 0 unspecified atom stereocenters. The van der Waals surface area contributed by atoms with Gasteiger partial charge in [-0.05, 0) is 6.42 Å². The van der Waals surface area contributed by atoms with Crippen LogP contribution in [0.3, 0.4) is 0 Å². The van der Waals surface area contributed by atoms with Crippen LogP contribution in [0.2, 0.25) is 0 Å². The maximum absolute atomic E-state index is 10.6. The summed E-state index contributed by atoms with van der Waals surface area (Å²) < 4.78 is 10.3. The second kappa shape index (κ2) is 5.89. The van der Waals surface area contributed by atoms with Gasteiger partial charge in [0.15, 0.2) is 0 Å². The fourth-order valence-corrected chi connectivity index (χ4v) is 1.46. The molecule has 1 aliphatic heterocycles. The monoisotopic (exact) mass is 235 g/mol. The molecule has 2 rings (SSSR count). The van der Waals surface area contributed by atoms with Crippen molar-refractivity contribution in [2.45, 2.75) is 18.9 Å². The first-order valence-corrected chi connectivity index (χ1v) is 4.71. The molecule has 0 amide bonds. The molecule has 1 aromatic heterocycles. The summed E-state index contributed by atoms with van der Waals surface area (Å²) in [6, 6.07) is 0. The molecule has 0 spiro atoms. The van der Waals surface area contributed by atoms with Gasteiger partial charge in [0.25, 0.3) is 0 Å². The number of halogens is 1. The highest BCUT2D eigenvalue weighted by Crippen LogP contribution is 2.05. The lowest BCUT2D eigenvalue weighted by Gasteiger charge is -2.22. The van der Waals surface area contributed by atoms with Crippen molar-refractivity contribution in [1.29, 1.82) is 0 Å². The summed E-state index contributed by atoms with van der Waals surface area (Å²) in [5.41, 5.74) is 0. The molecule has 1 fully saturated rings. The van der Waals surface area contributed by atoms with Crippen LogP contribution < -0.4 is 11.1 Å². The number of morpholine rings is 1. The van der Waals surface area contributed by atoms with Crippen LogP contribution in [0, 0.1) is 0 Å². The van der Waals surface area contributed by atoms with E-state index >= 15 is 0 Å². The molecule has 0 radical (unpaired) electrons. The van der Waals surface area contributed by atoms with Crippen LogP contribution in [-0.4, -0.2) is 36.0 Å². The van der Waals surface area contributed by atoms with E-state index in [9.17, 15) is 4.79 Å². The van der Waals surface area contributed by atoms with Gasteiger partial charge >= 0.3 is 5.76 Å². The van der Waals surface area contributed by atoms with E-state index in [1.165, 1.54) is 0 Å². The summed E-state index contributed by atoms with van der Waals surface area (Å²) in [4.78, 5) is 10.6. The average Bonchev–Trinajstić information content (AvgIpc) is 2.63. The van der Waals surface area contributed by atoms with Gasteiger partial charge in [0.1, 0.15) is 0 Å². The molecule has 1 atom stereocenters. The fourth-order valence-electron chi connectivity index (χ4n) is 1.46. The van der Waals surface area contributed by atoms with Crippen LogP contribution in [0.1, 0.15) is 12.3 Å². The molecule has 1 saturated heterocycles. The first kappa shape index (κ1) is 12.2. The van der Waals surface area contributed by atoms with E-state index in [1.54, 1.807) is 0 Å². The second-order valence-electron chi connectivity index (χ2n) is 3.24. The number of aromatic amines is 1. The van der Waals surface area contributed by atoms with E-state index in [-0.39, 0.29) is 18.5 Å². The third-order valence-electron chi connectivity index (χ3n) is 2.17. The van der Waals surface area contributed by atoms with Gasteiger partial charge in [0.05, 0.1) is 12.7 Å². The number of aromatic nitrogens is 2. The molecular formula is C8H14ClN3O3. The summed E-state index contributed by atoms with van der Waals surface area (Å²) in [7, 11) is 0. The van der Waals surface area contributed by atoms with Crippen LogP contribution in [0.15, 0.2) is 9.21 Å². The van der Waals surface area contributed by atoms with Crippen LogP contribution >= 0.6 is 12.4 Å². The largest absolute Gasteiger partial charge is 0.434 e. The summed E-state index contributed by atoms with van der Waals surface area (Å²) in [5.74, 6) is -0.0492. The van der Waals surface area contributed by atoms with Gasteiger partial charge in [-0.2, -0.15) is 0 Å². The van der Waals surface area contributed by atoms with Gasteiger partial charge in [-0.3, -0.25) is 0 Å². The van der Waals surface area contributed by atoms with E-state index in [0.717, 1.165) is 26.1 Å². The van der Waals surface area contributed by atoms with Crippen molar-refractivity contribution in [2.24, 2.45) is 0 Å². The van der Waals surface area contributed by atoms with Gasteiger partial charge < -0.3 is 14.5 Å². The Morgan fingerprint density at radius 3 is 3.00 bits per heavy atom. The molecular weight excluding hydrogens is 222 g/mol. The van der Waals surface area contributed by atoms with Crippen molar-refractivity contribution in [2.75, 3.05) is 19.7 Å². The Morgan fingerprint density at radius 1 is 1.53 bits per heavy atom. The van der Waals surface area contributed by atoms with Crippen molar-refractivity contribution in [3.63, 3.8) is 0 Å². The van der Waals surface area contributed by atoms with E-state index in [1.807, 2.05) is 0 Å². The summed E-state index contributed by atoms with van der Waals surface area (Å²) in [5, 5.41) is 9.18. The van der Waals surface area contributed by atoms with Crippen molar-refractivity contribution >= 4 is 12.4 Å². The van der Waals surface area contributed by atoms with Crippen LogP contribution in [0.4, 0.5) is 0 Å². The topological polar surface area (TPSA) is 80.2 Å². The average molecular weight is 236 g/mol. The van der Waals surface area contributed by atoms with Crippen LogP contribution in [0.25, 0.3) is 0 Å². The lowest BCUT2D eigenvalue weighted by atomic mass is 10.2. The molecule has 2 N–H and O–H groups in total. The first-order chi connectivity index (χ1) is 6.84. The number of hydrogen-bond donors (Lipinski definition) is 2. The molecule has 0 aliphatic carbocycles. The Morgan fingerprint density at radius 2 is 2.40 bits per heavy atom. The Balaban J connectivity index is 0.00000112. The standard InChI is InChI=1S/C8H13N3O3.ClH/c12-8-11-10-7(14-8)2-1-6-5-9-3-4-13-6;/h6,9H,1-5H2,(H,11,12);1H/t6-;/m1./s1. The molecule has 1 aromatic rings. The maximum atomic E-state index is 10.6. The van der Waals surface area contributed by atoms with Crippen molar-refractivity contribution in [3.05, 3.63) is 16.4 Å². The molecule has 2 heterocycles. The highest BCUT2D eigenvalue weighted by atomic mass is 35.5. The number of hydrogen-bond acceptors (Lipinski definition) is 5. The van der Waals surface area contributed by atoms with Crippen molar-refractivity contribution in [3.8, 4) is 0 Å². The van der Waals surface area contributed by atoms with Gasteiger partial charge in [0, 0.05) is 19.5 Å². The Labute approximate surface area is 92.8 Å². The van der Waals surface area contributed by atoms with Crippen LogP contribution in [-0.2, 0) is 11.2 Å². The maximum Gasteiger partial charge on any atom is 0.434 e. The number of ether oxygens (including phenoxy) is 1. The summed E-state index contributed by atoms with van der Waals surface area (Å²) >= 11 is 0. The zero-order chi connectivity index (χ0) is 9.80. The molecule has 0 aromatic carbocycles. The number of H-pyrrole nitrogens is 1. The molecule has 7 heteroatoms. The molecule has 0 saturated carbocycles. The second-order valence-corrected chi connectivity index (χ2v) is 3.24.